The first kappa shape index (κ1) is 17.9. The van der Waals surface area contributed by atoms with Gasteiger partial charge in [0.15, 0.2) is 0 Å². The number of nitrogens with one attached hydrogen (secondary N) is 1. The maximum absolute atomic E-state index is 12.9. The summed E-state index contributed by atoms with van der Waals surface area (Å²) in [5, 5.41) is 0. The summed E-state index contributed by atoms with van der Waals surface area (Å²) >= 11 is 0. The molecule has 1 aliphatic carbocycles. The van der Waals surface area contributed by atoms with E-state index in [9.17, 15) is 9.59 Å². The monoisotopic (exact) mass is 366 g/mol. The number of nitrogens with zero attached hydrogens (tertiary/aromatic N) is 3. The van der Waals surface area contributed by atoms with Gasteiger partial charge in [0.25, 0.3) is 11.5 Å². The minimum Gasteiger partial charge on any atom is -0.337 e. The number of benzene rings is 1. The maximum atomic E-state index is 12.9. The molecule has 4 rings (SSSR count). The molecule has 0 bridgehead atoms. The summed E-state index contributed by atoms with van der Waals surface area (Å²) in [5.41, 5.74) is 1.36. The van der Waals surface area contributed by atoms with Gasteiger partial charge in [-0.1, -0.05) is 30.3 Å². The van der Waals surface area contributed by atoms with Crippen molar-refractivity contribution >= 4 is 5.91 Å². The molecule has 142 valence electrons. The van der Waals surface area contributed by atoms with Crippen LogP contribution in [-0.4, -0.2) is 51.9 Å². The molecule has 1 aromatic carbocycles. The van der Waals surface area contributed by atoms with Crippen molar-refractivity contribution in [2.45, 2.75) is 44.2 Å². The Morgan fingerprint density at radius 1 is 1.19 bits per heavy atom. The zero-order valence-corrected chi connectivity index (χ0v) is 15.7. The van der Waals surface area contributed by atoms with E-state index in [1.807, 2.05) is 13.1 Å². The normalized spacial score (nSPS) is 18.4. The first-order valence-electron chi connectivity index (χ1n) is 9.75. The van der Waals surface area contributed by atoms with Gasteiger partial charge < -0.3 is 9.88 Å². The largest absolute Gasteiger partial charge is 0.337 e. The van der Waals surface area contributed by atoms with Gasteiger partial charge in [-0.05, 0) is 31.2 Å². The summed E-state index contributed by atoms with van der Waals surface area (Å²) in [6.07, 6.45) is 3.95. The van der Waals surface area contributed by atoms with Gasteiger partial charge in [-0.2, -0.15) is 0 Å². The van der Waals surface area contributed by atoms with Crippen LogP contribution in [0.5, 0.6) is 0 Å². The average Bonchev–Trinajstić information content (AvgIpc) is 3.53. The van der Waals surface area contributed by atoms with Gasteiger partial charge in [-0.25, -0.2) is 4.98 Å². The molecule has 1 saturated heterocycles. The van der Waals surface area contributed by atoms with Crippen LogP contribution in [0.2, 0.25) is 0 Å². The fourth-order valence-corrected chi connectivity index (χ4v) is 3.79. The molecule has 0 atom stereocenters. The van der Waals surface area contributed by atoms with E-state index in [2.05, 4.69) is 39.1 Å². The number of H-pyrrole nitrogens is 1. The van der Waals surface area contributed by atoms with E-state index >= 15 is 0 Å². The molecule has 2 aliphatic rings. The Bertz CT molecular complexity index is 852. The van der Waals surface area contributed by atoms with Gasteiger partial charge in [-0.3, -0.25) is 14.5 Å². The first-order chi connectivity index (χ1) is 13.1. The van der Waals surface area contributed by atoms with E-state index in [-0.39, 0.29) is 23.2 Å². The third-order valence-electron chi connectivity index (χ3n) is 5.62. The number of hydrogen-bond acceptors (Lipinski definition) is 4. The number of carbonyl (C=O) groups is 1. The highest BCUT2D eigenvalue weighted by molar-refractivity contribution is 5.92. The second-order valence-corrected chi connectivity index (χ2v) is 7.70. The SMILES string of the molecule is CN(C(=O)c1cc(=O)[nH]c(C2CC2)n1)C1CCN(Cc2ccccc2)CC1. The molecule has 2 heterocycles. The van der Waals surface area contributed by atoms with Crippen molar-refractivity contribution in [3.05, 3.63) is 63.8 Å². The summed E-state index contributed by atoms with van der Waals surface area (Å²) < 4.78 is 0. The number of rotatable bonds is 5. The lowest BCUT2D eigenvalue weighted by molar-refractivity contribution is 0.0630. The van der Waals surface area contributed by atoms with Gasteiger partial charge in [0.2, 0.25) is 0 Å². The summed E-state index contributed by atoms with van der Waals surface area (Å²) in [6, 6.07) is 12.0. The van der Waals surface area contributed by atoms with Gasteiger partial charge >= 0.3 is 0 Å². The standard InChI is InChI=1S/C21H26N4O2/c1-24(21(27)18-13-19(26)23-20(22-18)16-7-8-16)17-9-11-25(12-10-17)14-15-5-3-2-4-6-15/h2-6,13,16-17H,7-12,14H2,1H3,(H,22,23,26). The minimum absolute atomic E-state index is 0.149. The summed E-state index contributed by atoms with van der Waals surface area (Å²) in [4.78, 5) is 36.2. The van der Waals surface area contributed by atoms with Gasteiger partial charge in [-0.15, -0.1) is 0 Å². The lowest BCUT2D eigenvalue weighted by Crippen LogP contribution is -2.45. The van der Waals surface area contributed by atoms with Crippen LogP contribution >= 0.6 is 0 Å². The van der Waals surface area contributed by atoms with Crippen LogP contribution in [0.3, 0.4) is 0 Å². The van der Waals surface area contributed by atoms with Gasteiger partial charge in [0.1, 0.15) is 11.5 Å². The predicted molar refractivity (Wildman–Crippen MR) is 104 cm³/mol. The van der Waals surface area contributed by atoms with E-state index < -0.39 is 0 Å². The van der Waals surface area contributed by atoms with Crippen LogP contribution in [0.1, 0.15) is 53.5 Å². The summed E-state index contributed by atoms with van der Waals surface area (Å²) in [6.45, 7) is 2.88. The van der Waals surface area contributed by atoms with Crippen molar-refractivity contribution in [2.24, 2.45) is 0 Å². The number of likely N-dealkylation sites (tertiary alicyclic amines) is 1. The molecule has 27 heavy (non-hydrogen) atoms. The van der Waals surface area contributed by atoms with Gasteiger partial charge in [0.05, 0.1) is 0 Å². The Labute approximate surface area is 159 Å². The Morgan fingerprint density at radius 2 is 1.89 bits per heavy atom. The molecule has 1 aliphatic heterocycles. The Hall–Kier alpha value is -2.47. The zero-order valence-electron chi connectivity index (χ0n) is 15.7. The number of aromatic nitrogens is 2. The number of piperidine rings is 1. The minimum atomic E-state index is -0.235. The van der Waals surface area contributed by atoms with E-state index in [1.54, 1.807) is 4.90 Å². The van der Waals surface area contributed by atoms with E-state index in [4.69, 9.17) is 0 Å². The second kappa shape index (κ2) is 7.64. The Balaban J connectivity index is 1.37. The smallest absolute Gasteiger partial charge is 0.272 e. The van der Waals surface area contributed by atoms with Crippen LogP contribution in [-0.2, 0) is 6.54 Å². The molecule has 1 N–H and O–H groups in total. The Kier molecular flexibility index (Phi) is 5.07. The highest BCUT2D eigenvalue weighted by atomic mass is 16.2. The van der Waals surface area contributed by atoms with Crippen LogP contribution in [0, 0.1) is 0 Å². The Morgan fingerprint density at radius 3 is 2.56 bits per heavy atom. The quantitative estimate of drug-likeness (QED) is 0.882. The third-order valence-corrected chi connectivity index (χ3v) is 5.62. The maximum Gasteiger partial charge on any atom is 0.272 e. The highest BCUT2D eigenvalue weighted by Crippen LogP contribution is 2.37. The number of carbonyl (C=O) groups excluding carboxylic acids is 1. The lowest BCUT2D eigenvalue weighted by Gasteiger charge is -2.36. The molecule has 0 unspecified atom stereocenters. The van der Waals surface area contributed by atoms with Crippen LogP contribution in [0.15, 0.2) is 41.2 Å². The van der Waals surface area contributed by atoms with Crippen molar-refractivity contribution < 1.29 is 4.79 Å². The zero-order chi connectivity index (χ0) is 18.8. The number of aromatic amines is 1. The second-order valence-electron chi connectivity index (χ2n) is 7.70. The molecule has 2 aromatic rings. The topological polar surface area (TPSA) is 69.3 Å². The molecule has 1 amide bonds. The van der Waals surface area contributed by atoms with Crippen molar-refractivity contribution in [1.82, 2.24) is 19.8 Å². The molecule has 0 spiro atoms. The molecule has 0 radical (unpaired) electrons. The van der Waals surface area contributed by atoms with Crippen LogP contribution in [0.25, 0.3) is 0 Å². The molecule has 1 aromatic heterocycles. The highest BCUT2D eigenvalue weighted by Gasteiger charge is 2.30. The third kappa shape index (κ3) is 4.27. The summed E-state index contributed by atoms with van der Waals surface area (Å²) in [7, 11) is 1.83. The number of amides is 1. The fraction of sp³-hybridized carbons (Fsp3) is 0.476. The van der Waals surface area contributed by atoms with Gasteiger partial charge in [0, 0.05) is 44.7 Å². The van der Waals surface area contributed by atoms with E-state index in [0.29, 0.717) is 11.7 Å². The molecule has 2 fully saturated rings. The molecular weight excluding hydrogens is 340 g/mol. The van der Waals surface area contributed by atoms with Crippen molar-refractivity contribution in [2.75, 3.05) is 20.1 Å². The van der Waals surface area contributed by atoms with Crippen LogP contribution in [0.4, 0.5) is 0 Å². The van der Waals surface area contributed by atoms with E-state index in [1.165, 1.54) is 11.6 Å². The van der Waals surface area contributed by atoms with Crippen LogP contribution < -0.4 is 5.56 Å². The molecule has 6 heteroatoms. The first-order valence-corrected chi connectivity index (χ1v) is 9.75. The predicted octanol–water partition coefficient (Wildman–Crippen LogP) is 2.38. The average molecular weight is 366 g/mol. The van der Waals surface area contributed by atoms with E-state index in [0.717, 1.165) is 45.3 Å². The summed E-state index contributed by atoms with van der Waals surface area (Å²) in [5.74, 6) is 0.832. The lowest BCUT2D eigenvalue weighted by atomic mass is 10.0. The van der Waals surface area contributed by atoms with Crippen molar-refractivity contribution in [3.8, 4) is 0 Å². The molecule has 6 nitrogen and oxygen atoms in total. The van der Waals surface area contributed by atoms with Crippen molar-refractivity contribution in [3.63, 3.8) is 0 Å². The van der Waals surface area contributed by atoms with Crippen molar-refractivity contribution in [1.29, 1.82) is 0 Å². The number of hydrogen-bond donors (Lipinski definition) is 1. The molecular formula is C21H26N4O2. The fourth-order valence-electron chi connectivity index (χ4n) is 3.79. The molecule has 1 saturated carbocycles.